The number of piperidine rings is 1. The predicted molar refractivity (Wildman–Crippen MR) is 102 cm³/mol. The molecular weight excluding hydrogens is 336 g/mol. The summed E-state index contributed by atoms with van der Waals surface area (Å²) in [5.41, 5.74) is 0.862. The molecule has 0 aromatic heterocycles. The van der Waals surface area contributed by atoms with Crippen LogP contribution in [0.1, 0.15) is 24.5 Å². The lowest BCUT2D eigenvalue weighted by Gasteiger charge is -2.24. The summed E-state index contributed by atoms with van der Waals surface area (Å²) < 4.78 is 5.97. The van der Waals surface area contributed by atoms with E-state index >= 15 is 0 Å². The molecule has 2 aromatic carbocycles. The van der Waals surface area contributed by atoms with Gasteiger partial charge in [-0.3, -0.25) is 4.79 Å². The minimum Gasteiger partial charge on any atom is -0.476 e. The monoisotopic (exact) mass is 360 g/mol. The van der Waals surface area contributed by atoms with Crippen LogP contribution in [-0.2, 0) is 4.79 Å². The Balaban J connectivity index is 0.00000225. The quantitative estimate of drug-likeness (QED) is 0.830. The summed E-state index contributed by atoms with van der Waals surface area (Å²) in [5, 5.41) is 6.44. The number of ether oxygens (including phenoxy) is 1. The number of carbonyl (C=O) groups excluding carboxylic acids is 1. The molecule has 25 heavy (non-hydrogen) atoms. The van der Waals surface area contributed by atoms with Crippen LogP contribution >= 0.6 is 12.4 Å². The van der Waals surface area contributed by atoms with Gasteiger partial charge in [0.15, 0.2) is 0 Å². The van der Waals surface area contributed by atoms with Crippen LogP contribution in [0.2, 0.25) is 0 Å². The fourth-order valence-corrected chi connectivity index (χ4v) is 2.97. The number of carbonyl (C=O) groups is 1. The highest BCUT2D eigenvalue weighted by Crippen LogP contribution is 2.22. The molecule has 0 aliphatic carbocycles. The van der Waals surface area contributed by atoms with Crippen LogP contribution in [0.5, 0.6) is 5.75 Å². The van der Waals surface area contributed by atoms with Crippen molar-refractivity contribution in [3.05, 3.63) is 66.2 Å². The standard InChI is InChI=1S/C20H24N2O2.ClH/c23-20(22-15-16-8-7-13-21-14-16)19(17-9-3-1-4-10-17)24-18-11-5-2-6-12-18;/h1-6,9-12,16,19,21H,7-8,13-15H2,(H,22,23);1H. The zero-order chi connectivity index (χ0) is 16.6. The lowest BCUT2D eigenvalue weighted by atomic mass is 9.99. The molecule has 1 aliphatic rings. The molecule has 1 fully saturated rings. The van der Waals surface area contributed by atoms with E-state index in [2.05, 4.69) is 10.6 Å². The molecule has 0 radical (unpaired) electrons. The third kappa shape index (κ3) is 5.76. The number of hydrogen-bond donors (Lipinski definition) is 2. The van der Waals surface area contributed by atoms with Crippen molar-refractivity contribution in [3.63, 3.8) is 0 Å². The Morgan fingerprint density at radius 1 is 1.12 bits per heavy atom. The Bertz CT molecular complexity index is 631. The maximum absolute atomic E-state index is 12.7. The smallest absolute Gasteiger partial charge is 0.265 e. The number of nitrogens with one attached hydrogen (secondary N) is 2. The second-order valence-electron chi connectivity index (χ2n) is 6.18. The number of halogens is 1. The van der Waals surface area contributed by atoms with Gasteiger partial charge in [-0.1, -0.05) is 48.5 Å². The molecule has 1 aliphatic heterocycles. The van der Waals surface area contributed by atoms with Gasteiger partial charge >= 0.3 is 0 Å². The predicted octanol–water partition coefficient (Wildman–Crippen LogP) is 3.34. The molecule has 0 bridgehead atoms. The molecular formula is C20H25ClN2O2. The van der Waals surface area contributed by atoms with Gasteiger partial charge in [-0.25, -0.2) is 0 Å². The second-order valence-corrected chi connectivity index (χ2v) is 6.18. The molecule has 1 amide bonds. The van der Waals surface area contributed by atoms with Crippen molar-refractivity contribution >= 4 is 18.3 Å². The highest BCUT2D eigenvalue weighted by atomic mass is 35.5. The van der Waals surface area contributed by atoms with E-state index < -0.39 is 6.10 Å². The first-order valence-electron chi connectivity index (χ1n) is 8.58. The van der Waals surface area contributed by atoms with Gasteiger partial charge in [-0.05, 0) is 44.0 Å². The first-order chi connectivity index (χ1) is 11.8. The third-order valence-corrected chi connectivity index (χ3v) is 4.30. The number of amides is 1. The van der Waals surface area contributed by atoms with E-state index in [0.717, 1.165) is 25.1 Å². The molecule has 5 heteroatoms. The van der Waals surface area contributed by atoms with Gasteiger partial charge in [0, 0.05) is 12.1 Å². The van der Waals surface area contributed by atoms with E-state index in [9.17, 15) is 4.79 Å². The van der Waals surface area contributed by atoms with Gasteiger partial charge in [0.2, 0.25) is 6.10 Å². The van der Waals surface area contributed by atoms with E-state index in [-0.39, 0.29) is 18.3 Å². The fourth-order valence-electron chi connectivity index (χ4n) is 2.97. The maximum atomic E-state index is 12.7. The summed E-state index contributed by atoms with van der Waals surface area (Å²) in [7, 11) is 0. The zero-order valence-corrected chi connectivity index (χ0v) is 15.0. The summed E-state index contributed by atoms with van der Waals surface area (Å²) in [4.78, 5) is 12.7. The van der Waals surface area contributed by atoms with Gasteiger partial charge in [-0.2, -0.15) is 0 Å². The molecule has 2 N–H and O–H groups in total. The molecule has 134 valence electrons. The molecule has 2 unspecified atom stereocenters. The summed E-state index contributed by atoms with van der Waals surface area (Å²) in [5.74, 6) is 1.10. The van der Waals surface area contributed by atoms with Gasteiger partial charge in [0.1, 0.15) is 5.75 Å². The van der Waals surface area contributed by atoms with Crippen LogP contribution in [0, 0.1) is 5.92 Å². The Kier molecular flexibility index (Phi) is 7.76. The first kappa shape index (κ1) is 19.3. The average Bonchev–Trinajstić information content (AvgIpc) is 2.66. The molecule has 0 saturated carbocycles. The highest BCUT2D eigenvalue weighted by molar-refractivity contribution is 5.85. The van der Waals surface area contributed by atoms with Gasteiger partial charge in [0.25, 0.3) is 5.91 Å². The first-order valence-corrected chi connectivity index (χ1v) is 8.58. The SMILES string of the molecule is Cl.O=C(NCC1CCCNC1)C(Oc1ccccc1)c1ccccc1. The van der Waals surface area contributed by atoms with Crippen LogP contribution in [0.15, 0.2) is 60.7 Å². The molecule has 3 rings (SSSR count). The Hall–Kier alpha value is -2.04. The molecule has 4 nitrogen and oxygen atoms in total. The van der Waals surface area contributed by atoms with E-state index in [4.69, 9.17) is 4.74 Å². The largest absolute Gasteiger partial charge is 0.476 e. The normalized spacial score (nSPS) is 17.8. The lowest BCUT2D eigenvalue weighted by Crippen LogP contribution is -2.40. The average molecular weight is 361 g/mol. The minimum absolute atomic E-state index is 0. The van der Waals surface area contributed by atoms with Gasteiger partial charge in [-0.15, -0.1) is 12.4 Å². The van der Waals surface area contributed by atoms with Gasteiger partial charge in [0.05, 0.1) is 0 Å². The number of rotatable bonds is 6. The second kappa shape index (κ2) is 10.1. The van der Waals surface area contributed by atoms with E-state index in [1.165, 1.54) is 6.42 Å². The van der Waals surface area contributed by atoms with E-state index in [0.29, 0.717) is 18.2 Å². The Morgan fingerprint density at radius 3 is 2.44 bits per heavy atom. The molecule has 1 saturated heterocycles. The van der Waals surface area contributed by atoms with Crippen molar-refractivity contribution in [3.8, 4) is 5.75 Å². The van der Waals surface area contributed by atoms with Crippen molar-refractivity contribution in [2.45, 2.75) is 18.9 Å². The van der Waals surface area contributed by atoms with E-state index in [1.54, 1.807) is 0 Å². The summed E-state index contributed by atoms with van der Waals surface area (Å²) in [6, 6.07) is 19.1. The molecule has 1 heterocycles. The number of benzene rings is 2. The Labute approximate surface area is 155 Å². The third-order valence-electron chi connectivity index (χ3n) is 4.30. The summed E-state index contributed by atoms with van der Waals surface area (Å²) >= 11 is 0. The van der Waals surface area contributed by atoms with Crippen LogP contribution in [0.4, 0.5) is 0 Å². The minimum atomic E-state index is -0.634. The van der Waals surface area contributed by atoms with Gasteiger partial charge < -0.3 is 15.4 Å². The van der Waals surface area contributed by atoms with Crippen molar-refractivity contribution in [1.82, 2.24) is 10.6 Å². The van der Waals surface area contributed by atoms with Crippen LogP contribution in [0.25, 0.3) is 0 Å². The fraction of sp³-hybridized carbons (Fsp3) is 0.350. The maximum Gasteiger partial charge on any atom is 0.265 e. The number of hydrogen-bond acceptors (Lipinski definition) is 3. The topological polar surface area (TPSA) is 50.4 Å². The van der Waals surface area contributed by atoms with Crippen molar-refractivity contribution < 1.29 is 9.53 Å². The van der Waals surface area contributed by atoms with E-state index in [1.807, 2.05) is 60.7 Å². The Morgan fingerprint density at radius 2 is 1.80 bits per heavy atom. The lowest BCUT2D eigenvalue weighted by molar-refractivity contribution is -0.128. The van der Waals surface area contributed by atoms with Crippen LogP contribution in [0.3, 0.4) is 0 Å². The number of para-hydroxylation sites is 1. The molecule has 2 aromatic rings. The van der Waals surface area contributed by atoms with Crippen molar-refractivity contribution in [2.24, 2.45) is 5.92 Å². The molecule has 2 atom stereocenters. The summed E-state index contributed by atoms with van der Waals surface area (Å²) in [6.07, 6.45) is 1.69. The molecule has 0 spiro atoms. The summed E-state index contributed by atoms with van der Waals surface area (Å²) in [6.45, 7) is 2.73. The van der Waals surface area contributed by atoms with Crippen molar-refractivity contribution in [2.75, 3.05) is 19.6 Å². The van der Waals surface area contributed by atoms with Crippen LogP contribution < -0.4 is 15.4 Å². The van der Waals surface area contributed by atoms with Crippen LogP contribution in [-0.4, -0.2) is 25.5 Å². The van der Waals surface area contributed by atoms with Crippen molar-refractivity contribution in [1.29, 1.82) is 0 Å². The highest BCUT2D eigenvalue weighted by Gasteiger charge is 2.23. The zero-order valence-electron chi connectivity index (χ0n) is 14.2.